The molecule has 1 aromatic heterocycles. The molecule has 0 aromatic carbocycles. The van der Waals surface area contributed by atoms with Gasteiger partial charge in [-0.1, -0.05) is 6.92 Å². The number of H-pyrrole nitrogens is 1. The maximum atomic E-state index is 11.2. The summed E-state index contributed by atoms with van der Waals surface area (Å²) in [5, 5.41) is 3.06. The number of aryl methyl sites for hydroxylation is 1. The van der Waals surface area contributed by atoms with Gasteiger partial charge in [0, 0.05) is 24.5 Å². The van der Waals surface area contributed by atoms with E-state index < -0.39 is 9.84 Å². The van der Waals surface area contributed by atoms with Crippen molar-refractivity contribution in [2.24, 2.45) is 0 Å². The molecule has 0 fully saturated rings. The second-order valence-corrected chi connectivity index (χ2v) is 5.86. The highest BCUT2D eigenvalue weighted by atomic mass is 32.2. The number of imidazole rings is 1. The fraction of sp³-hybridized carbons (Fsp3) is 0.667. The number of sulfone groups is 1. The Morgan fingerprint density at radius 1 is 1.53 bits per heavy atom. The third kappa shape index (κ3) is 4.01. The molecule has 1 aromatic rings. The number of hydrogen-bond acceptors (Lipinski definition) is 4. The number of nitrogens with zero attached hydrogens (tertiary/aromatic N) is 1. The Kier molecular flexibility index (Phi) is 4.28. The van der Waals surface area contributed by atoms with Crippen molar-refractivity contribution in [1.82, 2.24) is 15.3 Å². The summed E-state index contributed by atoms with van der Waals surface area (Å²) in [5.41, 5.74) is 1.95. The van der Waals surface area contributed by atoms with Crippen LogP contribution in [0.2, 0.25) is 0 Å². The van der Waals surface area contributed by atoms with E-state index >= 15 is 0 Å². The summed E-state index contributed by atoms with van der Waals surface area (Å²) in [6.45, 7) is 4.68. The Hall–Kier alpha value is -0.880. The fourth-order valence-corrected chi connectivity index (χ4v) is 1.89. The Labute approximate surface area is 90.2 Å². The Balaban J connectivity index is 2.26. The van der Waals surface area contributed by atoms with E-state index in [9.17, 15) is 8.42 Å². The lowest BCUT2D eigenvalue weighted by molar-refractivity contribution is 0.591. The molecule has 0 spiro atoms. The van der Waals surface area contributed by atoms with Crippen molar-refractivity contribution in [2.45, 2.75) is 20.4 Å². The zero-order valence-electron chi connectivity index (χ0n) is 9.08. The predicted molar refractivity (Wildman–Crippen MR) is 59.4 cm³/mol. The van der Waals surface area contributed by atoms with E-state index in [4.69, 9.17) is 0 Å². The van der Waals surface area contributed by atoms with E-state index in [-0.39, 0.29) is 11.5 Å². The van der Waals surface area contributed by atoms with Gasteiger partial charge in [-0.05, 0) is 6.92 Å². The van der Waals surface area contributed by atoms with E-state index in [1.54, 1.807) is 13.3 Å². The van der Waals surface area contributed by atoms with Crippen LogP contribution < -0.4 is 5.32 Å². The first-order valence-electron chi connectivity index (χ1n) is 4.95. The van der Waals surface area contributed by atoms with Gasteiger partial charge in [0.1, 0.15) is 0 Å². The number of aromatic nitrogens is 2. The summed E-state index contributed by atoms with van der Waals surface area (Å²) in [7, 11) is -2.86. The van der Waals surface area contributed by atoms with E-state index in [2.05, 4.69) is 15.3 Å². The summed E-state index contributed by atoms with van der Waals surface area (Å²) >= 11 is 0. The Morgan fingerprint density at radius 2 is 2.27 bits per heavy atom. The second kappa shape index (κ2) is 5.27. The average molecular weight is 231 g/mol. The second-order valence-electron chi connectivity index (χ2n) is 3.39. The minimum Gasteiger partial charge on any atom is -0.348 e. The Morgan fingerprint density at radius 3 is 2.80 bits per heavy atom. The summed E-state index contributed by atoms with van der Waals surface area (Å²) in [4.78, 5) is 7.07. The first kappa shape index (κ1) is 12.2. The molecule has 6 heteroatoms. The molecule has 0 atom stereocenters. The van der Waals surface area contributed by atoms with Gasteiger partial charge in [-0.2, -0.15) is 0 Å². The molecule has 0 aliphatic rings. The summed E-state index contributed by atoms with van der Waals surface area (Å²) in [6.07, 6.45) is 1.63. The Bertz CT molecular complexity index is 397. The number of hydrogen-bond donors (Lipinski definition) is 2. The van der Waals surface area contributed by atoms with Crippen LogP contribution in [0.25, 0.3) is 0 Å². The normalized spacial score (nSPS) is 11.9. The van der Waals surface area contributed by atoms with E-state index in [0.717, 1.165) is 11.4 Å². The lowest BCUT2D eigenvalue weighted by atomic mass is 10.3. The molecule has 0 amide bonds. The largest absolute Gasteiger partial charge is 0.348 e. The smallest absolute Gasteiger partial charge is 0.151 e. The first-order chi connectivity index (χ1) is 7.05. The molecule has 0 bridgehead atoms. The lowest BCUT2D eigenvalue weighted by Gasteiger charge is -2.03. The van der Waals surface area contributed by atoms with Gasteiger partial charge in [-0.15, -0.1) is 0 Å². The number of nitrogens with one attached hydrogen (secondary N) is 2. The molecule has 0 saturated heterocycles. The quantitative estimate of drug-likeness (QED) is 0.688. The molecule has 1 heterocycles. The predicted octanol–water partition coefficient (Wildman–Crippen LogP) is 0.242. The molecule has 15 heavy (non-hydrogen) atoms. The van der Waals surface area contributed by atoms with Crippen LogP contribution in [0.5, 0.6) is 0 Å². The first-order valence-corrected chi connectivity index (χ1v) is 6.77. The monoisotopic (exact) mass is 231 g/mol. The molecule has 0 unspecified atom stereocenters. The minimum atomic E-state index is -2.86. The van der Waals surface area contributed by atoms with Crippen molar-refractivity contribution < 1.29 is 8.42 Å². The molecule has 86 valence electrons. The number of aromatic amines is 1. The van der Waals surface area contributed by atoms with E-state index in [1.165, 1.54) is 0 Å². The van der Waals surface area contributed by atoms with Crippen molar-refractivity contribution in [1.29, 1.82) is 0 Å². The van der Waals surface area contributed by atoms with Crippen LogP contribution in [-0.2, 0) is 16.4 Å². The maximum Gasteiger partial charge on any atom is 0.151 e. The topological polar surface area (TPSA) is 74.8 Å². The molecule has 0 aliphatic heterocycles. The van der Waals surface area contributed by atoms with Gasteiger partial charge in [-0.25, -0.2) is 13.4 Å². The van der Waals surface area contributed by atoms with Crippen LogP contribution in [0.4, 0.5) is 0 Å². The number of rotatable bonds is 6. The van der Waals surface area contributed by atoms with Crippen LogP contribution in [0.15, 0.2) is 6.33 Å². The van der Waals surface area contributed by atoms with Crippen LogP contribution in [0.3, 0.4) is 0 Å². The van der Waals surface area contributed by atoms with Crippen LogP contribution in [-0.4, -0.2) is 36.4 Å². The summed E-state index contributed by atoms with van der Waals surface area (Å²) in [5.74, 6) is 0.392. The zero-order chi connectivity index (χ0) is 11.3. The maximum absolute atomic E-state index is 11.2. The third-order valence-corrected chi connectivity index (χ3v) is 3.96. The molecule has 1 rings (SSSR count). The zero-order valence-corrected chi connectivity index (χ0v) is 9.89. The van der Waals surface area contributed by atoms with Crippen molar-refractivity contribution in [3.8, 4) is 0 Å². The molecule has 0 radical (unpaired) electrons. The van der Waals surface area contributed by atoms with Crippen molar-refractivity contribution in [3.63, 3.8) is 0 Å². The molecular formula is C9H17N3O2S. The molecule has 5 nitrogen and oxygen atoms in total. The van der Waals surface area contributed by atoms with Crippen LogP contribution in [0, 0.1) is 6.92 Å². The highest BCUT2D eigenvalue weighted by Crippen LogP contribution is 1.98. The third-order valence-electron chi connectivity index (χ3n) is 2.26. The summed E-state index contributed by atoms with van der Waals surface area (Å²) < 4.78 is 22.3. The molecule has 0 saturated carbocycles. The van der Waals surface area contributed by atoms with Crippen molar-refractivity contribution in [2.75, 3.05) is 18.1 Å². The van der Waals surface area contributed by atoms with Crippen molar-refractivity contribution >= 4 is 9.84 Å². The van der Waals surface area contributed by atoms with Gasteiger partial charge in [0.05, 0.1) is 17.8 Å². The highest BCUT2D eigenvalue weighted by molar-refractivity contribution is 7.91. The van der Waals surface area contributed by atoms with Crippen LogP contribution in [0.1, 0.15) is 18.3 Å². The molecule has 2 N–H and O–H groups in total. The SMILES string of the molecule is CCS(=O)(=O)CCNCc1nc[nH]c1C. The average Bonchev–Trinajstić information content (AvgIpc) is 2.59. The minimum absolute atomic E-state index is 0.187. The van der Waals surface area contributed by atoms with E-state index in [1.807, 2.05) is 6.92 Å². The lowest BCUT2D eigenvalue weighted by Crippen LogP contribution is -2.23. The van der Waals surface area contributed by atoms with Crippen molar-refractivity contribution in [3.05, 3.63) is 17.7 Å². The molecule has 0 aliphatic carbocycles. The van der Waals surface area contributed by atoms with Gasteiger partial charge in [0.15, 0.2) is 9.84 Å². The van der Waals surface area contributed by atoms with Gasteiger partial charge in [-0.3, -0.25) is 0 Å². The van der Waals surface area contributed by atoms with Gasteiger partial charge < -0.3 is 10.3 Å². The van der Waals surface area contributed by atoms with E-state index in [0.29, 0.717) is 13.1 Å². The fourth-order valence-electron chi connectivity index (χ4n) is 1.14. The van der Waals surface area contributed by atoms with Gasteiger partial charge in [0.25, 0.3) is 0 Å². The summed E-state index contributed by atoms with van der Waals surface area (Å²) in [6, 6.07) is 0. The molecular weight excluding hydrogens is 214 g/mol. The highest BCUT2D eigenvalue weighted by Gasteiger charge is 2.06. The van der Waals surface area contributed by atoms with Crippen LogP contribution >= 0.6 is 0 Å². The standard InChI is InChI=1S/C9H17N3O2S/c1-3-15(13,14)5-4-10-6-9-8(2)11-7-12-9/h7,10H,3-6H2,1-2H3,(H,11,12). The van der Waals surface area contributed by atoms with Gasteiger partial charge in [0.2, 0.25) is 0 Å². The van der Waals surface area contributed by atoms with Gasteiger partial charge >= 0.3 is 0 Å².